The number of carboxylic acids is 1. The molecule has 0 aromatic heterocycles. The van der Waals surface area contributed by atoms with Crippen molar-refractivity contribution < 1.29 is 32.4 Å². The summed E-state index contributed by atoms with van der Waals surface area (Å²) in [7, 11) is -3.34. The maximum absolute atomic E-state index is 13.6. The molecule has 116 valence electrons. The van der Waals surface area contributed by atoms with Gasteiger partial charge >= 0.3 is 5.97 Å². The molecule has 1 rings (SSSR count). The zero-order chi connectivity index (χ0) is 16.2. The van der Waals surface area contributed by atoms with Crippen LogP contribution in [-0.4, -0.2) is 44.2 Å². The highest BCUT2D eigenvalue weighted by molar-refractivity contribution is 7.89. The van der Waals surface area contributed by atoms with E-state index in [2.05, 4.69) is 4.74 Å². The Morgan fingerprint density at radius 1 is 1.57 bits per heavy atom. The van der Waals surface area contributed by atoms with Gasteiger partial charge in [-0.25, -0.2) is 12.8 Å². The summed E-state index contributed by atoms with van der Waals surface area (Å²) >= 11 is 0. The molecule has 1 unspecified atom stereocenters. The van der Waals surface area contributed by atoms with E-state index >= 15 is 0 Å². The van der Waals surface area contributed by atoms with Gasteiger partial charge in [0.1, 0.15) is 16.8 Å². The van der Waals surface area contributed by atoms with Gasteiger partial charge in [0.25, 0.3) is 5.69 Å². The van der Waals surface area contributed by atoms with E-state index < -0.39 is 50.0 Å². The zero-order valence-corrected chi connectivity index (χ0v) is 11.5. The highest BCUT2D eigenvalue weighted by atomic mass is 32.2. The van der Waals surface area contributed by atoms with Crippen LogP contribution >= 0.6 is 0 Å². The minimum atomic E-state index is -4.51. The number of carboxylic acid groups (broad SMARTS) is 1. The summed E-state index contributed by atoms with van der Waals surface area (Å²) in [6, 6.07) is 0.293. The summed E-state index contributed by atoms with van der Waals surface area (Å²) in [5.74, 6) is -2.87. The van der Waals surface area contributed by atoms with Crippen LogP contribution in [0.5, 0.6) is 0 Å². The van der Waals surface area contributed by atoms with Gasteiger partial charge in [0, 0.05) is 13.2 Å². The second kappa shape index (κ2) is 6.56. The number of nitrogens with one attached hydrogen (secondary N) is 1. The molecule has 11 heteroatoms. The number of rotatable bonds is 7. The van der Waals surface area contributed by atoms with Crippen LogP contribution in [0.2, 0.25) is 0 Å². The van der Waals surface area contributed by atoms with E-state index in [1.807, 2.05) is 0 Å². The van der Waals surface area contributed by atoms with Crippen LogP contribution < -0.4 is 4.72 Å². The monoisotopic (exact) mass is 322 g/mol. The first-order chi connectivity index (χ1) is 9.69. The molecule has 0 spiro atoms. The normalized spacial score (nSPS) is 12.9. The van der Waals surface area contributed by atoms with Gasteiger partial charge in [0.2, 0.25) is 10.0 Å². The van der Waals surface area contributed by atoms with Gasteiger partial charge in [-0.3, -0.25) is 14.9 Å². The van der Waals surface area contributed by atoms with Gasteiger partial charge < -0.3 is 9.84 Å². The Balaban J connectivity index is 3.13. The molecule has 0 saturated carbocycles. The Bertz CT molecular complexity index is 661. The van der Waals surface area contributed by atoms with Crippen LogP contribution in [0.15, 0.2) is 23.1 Å². The molecule has 21 heavy (non-hydrogen) atoms. The number of hydrogen-bond acceptors (Lipinski definition) is 6. The molecule has 0 heterocycles. The minimum Gasteiger partial charge on any atom is -0.480 e. The van der Waals surface area contributed by atoms with E-state index in [-0.39, 0.29) is 0 Å². The number of carbonyl (C=O) groups is 1. The van der Waals surface area contributed by atoms with Crippen molar-refractivity contribution in [3.05, 3.63) is 34.1 Å². The lowest BCUT2D eigenvalue weighted by Gasteiger charge is -2.14. The Labute approximate surface area is 118 Å². The number of nitro benzene ring substituents is 1. The van der Waals surface area contributed by atoms with E-state index in [0.29, 0.717) is 12.1 Å². The Morgan fingerprint density at radius 3 is 2.62 bits per heavy atom. The second-order valence-electron chi connectivity index (χ2n) is 3.84. The summed E-state index contributed by atoms with van der Waals surface area (Å²) in [5, 5.41) is 19.3. The number of methoxy groups -OCH3 is 1. The van der Waals surface area contributed by atoms with Gasteiger partial charge in [-0.1, -0.05) is 0 Å². The number of hydrogen-bond donors (Lipinski definition) is 2. The van der Waals surface area contributed by atoms with Crippen LogP contribution in [0.3, 0.4) is 0 Å². The maximum atomic E-state index is 13.6. The molecule has 0 amide bonds. The van der Waals surface area contributed by atoms with Crippen molar-refractivity contribution in [3.63, 3.8) is 0 Å². The standard InChI is InChI=1S/C10H11FN2O7S/c1-20-5-8(10(14)15)12-21(18,19)9-3-2-6(13(16)17)4-7(9)11/h2-4,8,12H,5H2,1H3,(H,14,15). The van der Waals surface area contributed by atoms with E-state index in [9.17, 15) is 27.7 Å². The van der Waals surface area contributed by atoms with E-state index in [0.717, 1.165) is 13.2 Å². The topological polar surface area (TPSA) is 136 Å². The van der Waals surface area contributed by atoms with Gasteiger partial charge in [-0.15, -0.1) is 0 Å². The molecular weight excluding hydrogens is 311 g/mol. The van der Waals surface area contributed by atoms with E-state index in [1.54, 1.807) is 4.72 Å². The SMILES string of the molecule is COCC(NS(=O)(=O)c1ccc([N+](=O)[O-])cc1F)C(=O)O. The molecule has 1 atom stereocenters. The Hall–Kier alpha value is -2.11. The van der Waals surface area contributed by atoms with Gasteiger partial charge in [0.15, 0.2) is 0 Å². The molecule has 0 radical (unpaired) electrons. The lowest BCUT2D eigenvalue weighted by atomic mass is 10.3. The molecule has 2 N–H and O–H groups in total. The van der Waals surface area contributed by atoms with Crippen molar-refractivity contribution in [1.82, 2.24) is 4.72 Å². The smallest absolute Gasteiger partial charge is 0.324 e. The number of aliphatic carboxylic acids is 1. The molecular formula is C10H11FN2O7S. The summed E-state index contributed by atoms with van der Waals surface area (Å²) in [6.07, 6.45) is 0. The largest absolute Gasteiger partial charge is 0.480 e. The second-order valence-corrected chi connectivity index (χ2v) is 5.52. The number of nitrogens with zero attached hydrogens (tertiary/aromatic N) is 1. The first kappa shape index (κ1) is 16.9. The molecule has 1 aromatic rings. The fraction of sp³-hybridized carbons (Fsp3) is 0.300. The number of benzene rings is 1. The molecule has 1 aromatic carbocycles. The molecule has 0 aliphatic heterocycles. The molecule has 0 fully saturated rings. The van der Waals surface area contributed by atoms with Gasteiger partial charge in [-0.2, -0.15) is 4.72 Å². The van der Waals surface area contributed by atoms with Crippen molar-refractivity contribution in [2.24, 2.45) is 0 Å². The third kappa shape index (κ3) is 4.18. The third-order valence-electron chi connectivity index (χ3n) is 2.34. The first-order valence-corrected chi connectivity index (χ1v) is 6.85. The van der Waals surface area contributed by atoms with Crippen molar-refractivity contribution in [1.29, 1.82) is 0 Å². The molecule has 0 aliphatic rings. The number of nitro groups is 1. The Morgan fingerprint density at radius 2 is 2.19 bits per heavy atom. The summed E-state index contributed by atoms with van der Waals surface area (Å²) in [5.41, 5.74) is -0.627. The molecule has 0 aliphatic carbocycles. The maximum Gasteiger partial charge on any atom is 0.324 e. The predicted molar refractivity (Wildman–Crippen MR) is 66.7 cm³/mol. The van der Waals surface area contributed by atoms with Gasteiger partial charge in [0.05, 0.1) is 17.6 Å². The third-order valence-corrected chi connectivity index (χ3v) is 3.85. The number of halogens is 1. The van der Waals surface area contributed by atoms with Crippen LogP contribution in [-0.2, 0) is 19.6 Å². The first-order valence-electron chi connectivity index (χ1n) is 5.37. The number of non-ortho nitro benzene ring substituents is 1. The summed E-state index contributed by atoms with van der Waals surface area (Å²) in [6.45, 7) is -0.469. The Kier molecular flexibility index (Phi) is 5.29. The van der Waals surface area contributed by atoms with E-state index in [1.165, 1.54) is 0 Å². The van der Waals surface area contributed by atoms with Crippen LogP contribution in [0, 0.1) is 15.9 Å². The van der Waals surface area contributed by atoms with Crippen molar-refractivity contribution in [2.45, 2.75) is 10.9 Å². The van der Waals surface area contributed by atoms with Crippen LogP contribution in [0.1, 0.15) is 0 Å². The fourth-order valence-electron chi connectivity index (χ4n) is 1.39. The van der Waals surface area contributed by atoms with Crippen molar-refractivity contribution in [2.75, 3.05) is 13.7 Å². The zero-order valence-electron chi connectivity index (χ0n) is 10.6. The van der Waals surface area contributed by atoms with Crippen LogP contribution in [0.4, 0.5) is 10.1 Å². The molecule has 0 saturated heterocycles. The fourth-order valence-corrected chi connectivity index (χ4v) is 2.63. The van der Waals surface area contributed by atoms with Crippen molar-refractivity contribution in [3.8, 4) is 0 Å². The van der Waals surface area contributed by atoms with Crippen LogP contribution in [0.25, 0.3) is 0 Å². The van der Waals surface area contributed by atoms with Gasteiger partial charge in [-0.05, 0) is 6.07 Å². The average molecular weight is 322 g/mol. The predicted octanol–water partition coefficient (Wildman–Crippen LogP) is 0.112. The molecule has 0 bridgehead atoms. The average Bonchev–Trinajstić information content (AvgIpc) is 2.37. The van der Waals surface area contributed by atoms with Crippen molar-refractivity contribution >= 4 is 21.7 Å². The lowest BCUT2D eigenvalue weighted by Crippen LogP contribution is -2.43. The number of ether oxygens (including phenoxy) is 1. The summed E-state index contributed by atoms with van der Waals surface area (Å²) < 4.78 is 43.7. The minimum absolute atomic E-state index is 0.431. The summed E-state index contributed by atoms with van der Waals surface area (Å²) in [4.78, 5) is 19.5. The number of sulfonamides is 1. The highest BCUT2D eigenvalue weighted by Crippen LogP contribution is 2.20. The molecule has 9 nitrogen and oxygen atoms in total. The van der Waals surface area contributed by atoms with E-state index in [4.69, 9.17) is 5.11 Å². The highest BCUT2D eigenvalue weighted by Gasteiger charge is 2.28. The lowest BCUT2D eigenvalue weighted by molar-refractivity contribution is -0.385. The quantitative estimate of drug-likeness (QED) is 0.537.